The van der Waals surface area contributed by atoms with Crippen LogP contribution in [-0.2, 0) is 19.1 Å². The standard InChI is InChI=1S/C25H41FN4O7/c26-16-8-4-7-15(9-16)17-12-30(28-27-17)21-22(33)19(13-31)37-25(23(21)34)36-18-10-20(32)29(24(18)35)11-14-5-2-1-3-6-14/h14-19,21-23,25,27-28,31,33-34H,1-13H2/t15?,16?,17?,18-,19-,21+,22+,23-,25-/m1/s1. The summed E-state index contributed by atoms with van der Waals surface area (Å²) in [7, 11) is 0. The van der Waals surface area contributed by atoms with E-state index in [0.29, 0.717) is 31.8 Å². The predicted molar refractivity (Wildman–Crippen MR) is 128 cm³/mol. The van der Waals surface area contributed by atoms with Crippen LogP contribution >= 0.6 is 0 Å². The molecule has 3 unspecified atom stereocenters. The van der Waals surface area contributed by atoms with Gasteiger partial charge in [0.1, 0.15) is 30.6 Å². The van der Waals surface area contributed by atoms with Crippen molar-refractivity contribution in [3.05, 3.63) is 0 Å². The van der Waals surface area contributed by atoms with E-state index in [4.69, 9.17) is 9.47 Å². The maximum Gasteiger partial charge on any atom is 0.258 e. The third-order valence-corrected chi connectivity index (χ3v) is 8.88. The molecule has 0 aromatic rings. The molecular weight excluding hydrogens is 487 g/mol. The Morgan fingerprint density at radius 1 is 1.05 bits per heavy atom. The van der Waals surface area contributed by atoms with Crippen molar-refractivity contribution in [3.8, 4) is 0 Å². The van der Waals surface area contributed by atoms with Crippen molar-refractivity contribution in [2.45, 2.75) is 113 Å². The van der Waals surface area contributed by atoms with Crippen LogP contribution in [0.4, 0.5) is 4.39 Å². The molecule has 2 aliphatic carbocycles. The highest BCUT2D eigenvalue weighted by Gasteiger charge is 2.52. The van der Waals surface area contributed by atoms with Gasteiger partial charge in [-0.2, -0.15) is 5.53 Å². The number of carbonyl (C=O) groups excluding carboxylic acids is 2. The molecule has 0 spiro atoms. The Morgan fingerprint density at radius 2 is 1.84 bits per heavy atom. The first kappa shape index (κ1) is 27.3. The number of imide groups is 1. The molecule has 5 rings (SSSR count). The van der Waals surface area contributed by atoms with Crippen molar-refractivity contribution in [2.75, 3.05) is 19.7 Å². The normalized spacial score (nSPS) is 42.6. The van der Waals surface area contributed by atoms with Gasteiger partial charge in [-0.1, -0.05) is 25.7 Å². The molecule has 5 aliphatic rings. The quantitative estimate of drug-likeness (QED) is 0.280. The monoisotopic (exact) mass is 528 g/mol. The summed E-state index contributed by atoms with van der Waals surface area (Å²) >= 11 is 0. The van der Waals surface area contributed by atoms with E-state index in [1.165, 1.54) is 11.3 Å². The lowest BCUT2D eigenvalue weighted by atomic mass is 9.83. The molecule has 5 fully saturated rings. The molecule has 12 heteroatoms. The minimum absolute atomic E-state index is 0.0740. The molecule has 0 bridgehead atoms. The second-order valence-corrected chi connectivity index (χ2v) is 11.4. The van der Waals surface area contributed by atoms with Crippen molar-refractivity contribution in [1.29, 1.82) is 0 Å². The van der Waals surface area contributed by atoms with Crippen molar-refractivity contribution in [2.24, 2.45) is 11.8 Å². The van der Waals surface area contributed by atoms with Crippen LogP contribution in [0.25, 0.3) is 0 Å². The Balaban J connectivity index is 1.23. The lowest BCUT2D eigenvalue weighted by Gasteiger charge is -2.45. The number of rotatable bonds is 7. The van der Waals surface area contributed by atoms with Gasteiger partial charge in [-0.05, 0) is 43.9 Å². The minimum atomic E-state index is -1.37. The maximum atomic E-state index is 14.0. The Bertz CT molecular complexity index is 818. The van der Waals surface area contributed by atoms with E-state index in [9.17, 15) is 29.3 Å². The summed E-state index contributed by atoms with van der Waals surface area (Å²) in [5, 5.41) is 33.6. The van der Waals surface area contributed by atoms with Crippen LogP contribution < -0.4 is 11.0 Å². The van der Waals surface area contributed by atoms with Crippen LogP contribution in [0, 0.1) is 11.8 Å². The summed E-state index contributed by atoms with van der Waals surface area (Å²) in [5.74, 6) is -0.316. The highest BCUT2D eigenvalue weighted by atomic mass is 19.1. The summed E-state index contributed by atoms with van der Waals surface area (Å²) in [5.41, 5.74) is 6.15. The van der Waals surface area contributed by atoms with Gasteiger partial charge in [0.05, 0.1) is 19.1 Å². The fourth-order valence-electron chi connectivity index (χ4n) is 6.75. The first-order valence-corrected chi connectivity index (χ1v) is 13.9. The molecule has 37 heavy (non-hydrogen) atoms. The molecule has 210 valence electrons. The molecule has 5 N–H and O–H groups in total. The number of ether oxygens (including phenoxy) is 2. The molecule has 3 aliphatic heterocycles. The molecule has 2 saturated carbocycles. The van der Waals surface area contributed by atoms with Crippen LogP contribution in [0.3, 0.4) is 0 Å². The van der Waals surface area contributed by atoms with Crippen LogP contribution in [0.15, 0.2) is 0 Å². The van der Waals surface area contributed by atoms with Gasteiger partial charge >= 0.3 is 0 Å². The number of amides is 2. The molecule has 3 saturated heterocycles. The molecule has 3 heterocycles. The summed E-state index contributed by atoms with van der Waals surface area (Å²) in [6.07, 6.45) is 1.07. The van der Waals surface area contributed by atoms with Gasteiger partial charge in [0, 0.05) is 19.1 Å². The first-order valence-electron chi connectivity index (χ1n) is 13.9. The third kappa shape index (κ3) is 5.86. The first-order chi connectivity index (χ1) is 17.9. The Labute approximate surface area is 216 Å². The van der Waals surface area contributed by atoms with Crippen molar-refractivity contribution in [1.82, 2.24) is 20.9 Å². The molecular formula is C25H41FN4O7. The fourth-order valence-corrected chi connectivity index (χ4v) is 6.75. The topological polar surface area (TPSA) is 144 Å². The fraction of sp³-hybridized carbons (Fsp3) is 0.920. The molecule has 0 aromatic carbocycles. The lowest BCUT2D eigenvalue weighted by molar-refractivity contribution is -0.300. The Kier molecular flexibility index (Phi) is 8.76. The number of hydrogen-bond acceptors (Lipinski definition) is 10. The maximum absolute atomic E-state index is 14.0. The van der Waals surface area contributed by atoms with E-state index >= 15 is 0 Å². The number of hydrazine groups is 2. The number of halogens is 1. The number of nitrogens with one attached hydrogen (secondary N) is 2. The average Bonchev–Trinajstić information content (AvgIpc) is 3.47. The zero-order chi connectivity index (χ0) is 26.1. The zero-order valence-corrected chi connectivity index (χ0v) is 21.2. The van der Waals surface area contributed by atoms with Crippen LogP contribution in [-0.4, -0.2) is 106 Å². The second-order valence-electron chi connectivity index (χ2n) is 11.4. The highest BCUT2D eigenvalue weighted by Crippen LogP contribution is 2.33. The largest absolute Gasteiger partial charge is 0.394 e. The van der Waals surface area contributed by atoms with Crippen LogP contribution in [0.5, 0.6) is 0 Å². The van der Waals surface area contributed by atoms with Crippen LogP contribution in [0.1, 0.15) is 64.2 Å². The van der Waals surface area contributed by atoms with Gasteiger partial charge in [0.25, 0.3) is 5.91 Å². The van der Waals surface area contributed by atoms with Crippen molar-refractivity contribution in [3.63, 3.8) is 0 Å². The summed E-state index contributed by atoms with van der Waals surface area (Å²) in [6.45, 7) is 0.265. The zero-order valence-electron chi connectivity index (χ0n) is 21.2. The molecule has 0 aromatic heterocycles. The van der Waals surface area contributed by atoms with Gasteiger partial charge in [0.15, 0.2) is 6.29 Å². The van der Waals surface area contributed by atoms with Gasteiger partial charge in [-0.15, -0.1) is 0 Å². The molecule has 11 nitrogen and oxygen atoms in total. The summed E-state index contributed by atoms with van der Waals surface area (Å²) in [4.78, 5) is 27.0. The van der Waals surface area contributed by atoms with E-state index in [2.05, 4.69) is 11.0 Å². The van der Waals surface area contributed by atoms with Gasteiger partial charge in [0.2, 0.25) is 5.91 Å². The number of nitrogens with zero attached hydrogens (tertiary/aromatic N) is 2. The lowest BCUT2D eigenvalue weighted by Crippen LogP contribution is -2.67. The van der Waals surface area contributed by atoms with Crippen molar-refractivity contribution < 1.29 is 38.8 Å². The minimum Gasteiger partial charge on any atom is -0.394 e. The van der Waals surface area contributed by atoms with Crippen LogP contribution in [0.2, 0.25) is 0 Å². The Hall–Kier alpha value is -1.25. The number of likely N-dealkylation sites (tertiary alicyclic amines) is 1. The number of alkyl halides is 1. The van der Waals surface area contributed by atoms with E-state index in [0.717, 1.165) is 38.5 Å². The molecule has 0 radical (unpaired) electrons. The number of hydrogen-bond donors (Lipinski definition) is 5. The van der Waals surface area contributed by atoms with Gasteiger partial charge in [-0.25, -0.2) is 14.8 Å². The van der Waals surface area contributed by atoms with E-state index in [1.54, 1.807) is 5.01 Å². The second kappa shape index (κ2) is 11.9. The van der Waals surface area contributed by atoms with E-state index in [-0.39, 0.29) is 24.3 Å². The number of carbonyl (C=O) groups is 2. The predicted octanol–water partition coefficient (Wildman–Crippen LogP) is -0.260. The van der Waals surface area contributed by atoms with Gasteiger partial charge in [-0.3, -0.25) is 14.5 Å². The van der Waals surface area contributed by atoms with Crippen molar-refractivity contribution >= 4 is 11.8 Å². The summed E-state index contributed by atoms with van der Waals surface area (Å²) in [6, 6.07) is -1.00. The molecule has 2 amide bonds. The average molecular weight is 529 g/mol. The smallest absolute Gasteiger partial charge is 0.258 e. The molecule has 9 atom stereocenters. The SMILES string of the molecule is O=C1C[C@@H](O[C@@H]2O[C@H](CO)[C@H](O)[C@H](N3CC(C4CCCC(F)C4)NN3)[C@H]2O)C(=O)N1CC1CCCCC1. The number of aliphatic hydroxyl groups excluding tert-OH is 3. The van der Waals surface area contributed by atoms with E-state index < -0.39 is 55.4 Å². The summed E-state index contributed by atoms with van der Waals surface area (Å²) < 4.78 is 25.5. The third-order valence-electron chi connectivity index (χ3n) is 8.88. The highest BCUT2D eigenvalue weighted by molar-refractivity contribution is 6.05. The number of aliphatic hydroxyl groups is 3. The van der Waals surface area contributed by atoms with Gasteiger partial charge < -0.3 is 24.8 Å². The Morgan fingerprint density at radius 3 is 2.57 bits per heavy atom. The van der Waals surface area contributed by atoms with E-state index in [1.807, 2.05) is 0 Å².